The van der Waals surface area contributed by atoms with Gasteiger partial charge in [0.1, 0.15) is 5.82 Å². The SMILES string of the molecule is CCc1nnc2n1CCN(C(=O)[C@@H]1Cc3ccccc3S1)C2. The number of carbonyl (C=O) groups is 1. The van der Waals surface area contributed by atoms with Crippen LogP contribution in [-0.4, -0.2) is 37.4 Å². The van der Waals surface area contributed by atoms with Gasteiger partial charge in [0.2, 0.25) is 5.91 Å². The van der Waals surface area contributed by atoms with Gasteiger partial charge in [-0.15, -0.1) is 22.0 Å². The molecule has 6 heteroatoms. The zero-order valence-electron chi connectivity index (χ0n) is 12.5. The van der Waals surface area contributed by atoms with Gasteiger partial charge >= 0.3 is 0 Å². The van der Waals surface area contributed by atoms with Crippen LogP contribution in [0.4, 0.5) is 0 Å². The number of benzene rings is 1. The van der Waals surface area contributed by atoms with E-state index in [2.05, 4.69) is 33.8 Å². The Morgan fingerprint density at radius 3 is 3.00 bits per heavy atom. The minimum Gasteiger partial charge on any atom is -0.332 e. The van der Waals surface area contributed by atoms with Crippen LogP contribution >= 0.6 is 11.8 Å². The Labute approximate surface area is 133 Å². The standard InChI is InChI=1S/C16H18N4OS/c1-2-14-17-18-15-10-19(7-8-20(14)15)16(21)13-9-11-5-3-4-6-12(11)22-13/h3-6,13H,2,7-10H2,1H3/t13-/m0/s1. The van der Waals surface area contributed by atoms with Crippen molar-refractivity contribution in [1.29, 1.82) is 0 Å². The predicted molar refractivity (Wildman–Crippen MR) is 84.6 cm³/mol. The molecule has 114 valence electrons. The van der Waals surface area contributed by atoms with Gasteiger partial charge in [-0.05, 0) is 18.1 Å². The fourth-order valence-corrected chi connectivity index (χ4v) is 4.47. The number of hydrogen-bond acceptors (Lipinski definition) is 4. The number of carbonyl (C=O) groups excluding carboxylic acids is 1. The number of amides is 1. The average molecular weight is 314 g/mol. The van der Waals surface area contributed by atoms with Crippen molar-refractivity contribution in [3.8, 4) is 0 Å². The number of hydrogen-bond donors (Lipinski definition) is 0. The third-order valence-corrected chi connectivity index (χ3v) is 5.69. The van der Waals surface area contributed by atoms with Crippen LogP contribution in [0.3, 0.4) is 0 Å². The van der Waals surface area contributed by atoms with E-state index in [9.17, 15) is 4.79 Å². The fraction of sp³-hybridized carbons (Fsp3) is 0.438. The zero-order valence-corrected chi connectivity index (χ0v) is 13.3. The fourth-order valence-electron chi connectivity index (χ4n) is 3.19. The van der Waals surface area contributed by atoms with Crippen LogP contribution in [0, 0.1) is 0 Å². The molecule has 0 fully saturated rings. The Hall–Kier alpha value is -1.82. The molecule has 2 aliphatic rings. The molecule has 2 aliphatic heterocycles. The van der Waals surface area contributed by atoms with Crippen LogP contribution in [0.25, 0.3) is 0 Å². The lowest BCUT2D eigenvalue weighted by atomic mass is 10.1. The molecule has 22 heavy (non-hydrogen) atoms. The van der Waals surface area contributed by atoms with E-state index in [1.54, 1.807) is 11.8 Å². The maximum Gasteiger partial charge on any atom is 0.236 e. The lowest BCUT2D eigenvalue weighted by Crippen LogP contribution is -2.43. The van der Waals surface area contributed by atoms with E-state index in [0.29, 0.717) is 6.54 Å². The number of rotatable bonds is 2. The lowest BCUT2D eigenvalue weighted by molar-refractivity contribution is -0.132. The maximum atomic E-state index is 12.8. The minimum atomic E-state index is 0.0116. The highest BCUT2D eigenvalue weighted by Crippen LogP contribution is 2.37. The Morgan fingerprint density at radius 2 is 2.18 bits per heavy atom. The molecule has 0 saturated heterocycles. The number of thioether (sulfide) groups is 1. The molecule has 1 atom stereocenters. The smallest absolute Gasteiger partial charge is 0.236 e. The van der Waals surface area contributed by atoms with Crippen molar-refractivity contribution in [3.63, 3.8) is 0 Å². The quantitative estimate of drug-likeness (QED) is 0.849. The van der Waals surface area contributed by atoms with E-state index in [4.69, 9.17) is 0 Å². The summed E-state index contributed by atoms with van der Waals surface area (Å²) in [4.78, 5) is 16.0. The highest BCUT2D eigenvalue weighted by Gasteiger charge is 2.33. The maximum absolute atomic E-state index is 12.8. The van der Waals surface area contributed by atoms with Crippen LogP contribution in [-0.2, 0) is 30.7 Å². The molecule has 0 unspecified atom stereocenters. The van der Waals surface area contributed by atoms with Gasteiger partial charge in [-0.3, -0.25) is 4.79 Å². The summed E-state index contributed by atoms with van der Waals surface area (Å²) in [6.45, 7) is 4.23. The first-order valence-electron chi connectivity index (χ1n) is 7.70. The highest BCUT2D eigenvalue weighted by atomic mass is 32.2. The molecular formula is C16H18N4OS. The summed E-state index contributed by atoms with van der Waals surface area (Å²) in [5, 5.41) is 8.46. The normalized spacial score (nSPS) is 19.9. The van der Waals surface area contributed by atoms with Gasteiger partial charge in [0.05, 0.1) is 11.8 Å². The third kappa shape index (κ3) is 2.22. The Kier molecular flexibility index (Phi) is 3.41. The van der Waals surface area contributed by atoms with Crippen LogP contribution < -0.4 is 0 Å². The van der Waals surface area contributed by atoms with Gasteiger partial charge in [0.25, 0.3) is 0 Å². The lowest BCUT2D eigenvalue weighted by Gasteiger charge is -2.29. The molecule has 0 saturated carbocycles. The van der Waals surface area contributed by atoms with E-state index in [0.717, 1.165) is 37.6 Å². The Morgan fingerprint density at radius 1 is 1.32 bits per heavy atom. The Bertz CT molecular complexity index is 702. The van der Waals surface area contributed by atoms with Crippen LogP contribution in [0.5, 0.6) is 0 Å². The first-order valence-corrected chi connectivity index (χ1v) is 8.58. The van der Waals surface area contributed by atoms with Crippen LogP contribution in [0.2, 0.25) is 0 Å². The van der Waals surface area contributed by atoms with E-state index < -0.39 is 0 Å². The molecule has 0 radical (unpaired) electrons. The molecule has 0 aliphatic carbocycles. The second-order valence-electron chi connectivity index (χ2n) is 5.72. The molecule has 5 nitrogen and oxygen atoms in total. The van der Waals surface area contributed by atoms with Crippen molar-refractivity contribution in [2.45, 2.75) is 43.0 Å². The third-order valence-electron chi connectivity index (χ3n) is 4.38. The molecule has 1 aromatic carbocycles. The summed E-state index contributed by atoms with van der Waals surface area (Å²) in [5.74, 6) is 2.16. The van der Waals surface area contributed by atoms with Crippen molar-refractivity contribution < 1.29 is 4.79 Å². The van der Waals surface area contributed by atoms with E-state index in [1.165, 1.54) is 10.5 Å². The number of aryl methyl sites for hydroxylation is 1. The van der Waals surface area contributed by atoms with Crippen molar-refractivity contribution in [1.82, 2.24) is 19.7 Å². The molecule has 1 amide bonds. The molecule has 3 heterocycles. The molecule has 0 spiro atoms. The first kappa shape index (κ1) is 13.8. The van der Waals surface area contributed by atoms with Crippen molar-refractivity contribution in [2.75, 3.05) is 6.54 Å². The molecule has 1 aromatic heterocycles. The monoisotopic (exact) mass is 314 g/mol. The first-order chi connectivity index (χ1) is 10.8. The molecular weight excluding hydrogens is 296 g/mol. The molecule has 0 bridgehead atoms. The van der Waals surface area contributed by atoms with E-state index >= 15 is 0 Å². The van der Waals surface area contributed by atoms with Crippen molar-refractivity contribution in [2.24, 2.45) is 0 Å². The Balaban J connectivity index is 1.49. The summed E-state index contributed by atoms with van der Waals surface area (Å²) >= 11 is 1.69. The van der Waals surface area contributed by atoms with Gasteiger partial charge in [-0.25, -0.2) is 0 Å². The second kappa shape index (κ2) is 5.43. The van der Waals surface area contributed by atoms with Gasteiger partial charge < -0.3 is 9.47 Å². The average Bonchev–Trinajstić information content (AvgIpc) is 3.17. The van der Waals surface area contributed by atoms with Crippen molar-refractivity contribution >= 4 is 17.7 Å². The topological polar surface area (TPSA) is 51.0 Å². The van der Waals surface area contributed by atoms with Crippen LogP contribution in [0.15, 0.2) is 29.2 Å². The van der Waals surface area contributed by atoms with Gasteiger partial charge in [0, 0.05) is 24.4 Å². The number of fused-ring (bicyclic) bond motifs is 2. The zero-order chi connectivity index (χ0) is 15.1. The van der Waals surface area contributed by atoms with Crippen molar-refractivity contribution in [3.05, 3.63) is 41.5 Å². The second-order valence-corrected chi connectivity index (χ2v) is 6.96. The van der Waals surface area contributed by atoms with Crippen LogP contribution in [0.1, 0.15) is 24.1 Å². The number of aromatic nitrogens is 3. The molecule has 0 N–H and O–H groups in total. The molecule has 4 rings (SSSR count). The van der Waals surface area contributed by atoms with Gasteiger partial charge in [0.15, 0.2) is 5.82 Å². The highest BCUT2D eigenvalue weighted by molar-refractivity contribution is 8.01. The van der Waals surface area contributed by atoms with E-state index in [1.807, 2.05) is 17.0 Å². The minimum absolute atomic E-state index is 0.0116. The largest absolute Gasteiger partial charge is 0.332 e. The number of nitrogens with zero attached hydrogens (tertiary/aromatic N) is 4. The summed E-state index contributed by atoms with van der Waals surface area (Å²) in [6.07, 6.45) is 1.72. The van der Waals surface area contributed by atoms with Gasteiger partial charge in [-0.2, -0.15) is 0 Å². The molecule has 2 aromatic rings. The predicted octanol–water partition coefficient (Wildman–Crippen LogP) is 1.90. The van der Waals surface area contributed by atoms with Gasteiger partial charge in [-0.1, -0.05) is 25.1 Å². The summed E-state index contributed by atoms with van der Waals surface area (Å²) in [6, 6.07) is 8.31. The van der Waals surface area contributed by atoms with E-state index in [-0.39, 0.29) is 11.2 Å². The summed E-state index contributed by atoms with van der Waals surface area (Å²) < 4.78 is 2.15. The summed E-state index contributed by atoms with van der Waals surface area (Å²) in [5.41, 5.74) is 1.29. The summed E-state index contributed by atoms with van der Waals surface area (Å²) in [7, 11) is 0.